The number of aryl methyl sites for hydroxylation is 1. The van der Waals surface area contributed by atoms with Gasteiger partial charge in [0.2, 0.25) is 0 Å². The van der Waals surface area contributed by atoms with Gasteiger partial charge in [0, 0.05) is 9.30 Å². The van der Waals surface area contributed by atoms with E-state index in [2.05, 4.69) is 31.9 Å². The van der Waals surface area contributed by atoms with Crippen molar-refractivity contribution in [1.29, 1.82) is 0 Å². The SMILES string of the molecule is Cc1ccc(C(Br)Cc2ccc(F)c(F)c2)c(Br)c1. The molecule has 0 bridgehead atoms. The van der Waals surface area contributed by atoms with Crippen LogP contribution in [0.5, 0.6) is 0 Å². The molecule has 0 heterocycles. The van der Waals surface area contributed by atoms with Gasteiger partial charge >= 0.3 is 0 Å². The van der Waals surface area contributed by atoms with Crippen molar-refractivity contribution in [2.24, 2.45) is 0 Å². The van der Waals surface area contributed by atoms with Crippen molar-refractivity contribution in [1.82, 2.24) is 0 Å². The lowest BCUT2D eigenvalue weighted by Crippen LogP contribution is -1.98. The summed E-state index contributed by atoms with van der Waals surface area (Å²) in [6.07, 6.45) is 0.596. The minimum Gasteiger partial charge on any atom is -0.204 e. The van der Waals surface area contributed by atoms with Crippen molar-refractivity contribution >= 4 is 31.9 Å². The molecule has 0 fully saturated rings. The van der Waals surface area contributed by atoms with Gasteiger partial charge in [-0.3, -0.25) is 0 Å². The fourth-order valence-corrected chi connectivity index (χ4v) is 3.72. The third kappa shape index (κ3) is 3.63. The van der Waals surface area contributed by atoms with Crippen LogP contribution in [-0.4, -0.2) is 0 Å². The summed E-state index contributed by atoms with van der Waals surface area (Å²) in [6, 6.07) is 10.1. The molecule has 19 heavy (non-hydrogen) atoms. The van der Waals surface area contributed by atoms with Crippen molar-refractivity contribution in [2.75, 3.05) is 0 Å². The average Bonchev–Trinajstić information content (AvgIpc) is 2.33. The number of hydrogen-bond acceptors (Lipinski definition) is 0. The van der Waals surface area contributed by atoms with E-state index in [4.69, 9.17) is 0 Å². The lowest BCUT2D eigenvalue weighted by molar-refractivity contribution is 0.507. The van der Waals surface area contributed by atoms with Crippen LogP contribution in [0.2, 0.25) is 0 Å². The largest absolute Gasteiger partial charge is 0.204 e. The van der Waals surface area contributed by atoms with Crippen molar-refractivity contribution in [2.45, 2.75) is 18.2 Å². The van der Waals surface area contributed by atoms with Crippen LogP contribution >= 0.6 is 31.9 Å². The third-order valence-corrected chi connectivity index (χ3v) is 4.40. The Kier molecular flexibility index (Phi) is 4.74. The molecule has 0 aliphatic carbocycles. The third-order valence-electron chi connectivity index (χ3n) is 2.89. The molecule has 0 spiro atoms. The summed E-state index contributed by atoms with van der Waals surface area (Å²) in [4.78, 5) is 0.0485. The molecule has 4 heteroatoms. The van der Waals surface area contributed by atoms with Crippen molar-refractivity contribution in [3.8, 4) is 0 Å². The molecule has 1 atom stereocenters. The molecule has 0 N–H and O–H groups in total. The van der Waals surface area contributed by atoms with Crippen LogP contribution in [0.4, 0.5) is 8.78 Å². The Morgan fingerprint density at radius 1 is 1.05 bits per heavy atom. The van der Waals surface area contributed by atoms with E-state index in [1.165, 1.54) is 11.6 Å². The molecule has 0 amide bonds. The van der Waals surface area contributed by atoms with Crippen LogP contribution in [0.3, 0.4) is 0 Å². The van der Waals surface area contributed by atoms with Crippen LogP contribution in [0.1, 0.15) is 21.5 Å². The Morgan fingerprint density at radius 2 is 1.79 bits per heavy atom. The number of halogens is 4. The van der Waals surface area contributed by atoms with Gasteiger partial charge in [0.1, 0.15) is 0 Å². The first kappa shape index (κ1) is 14.7. The molecule has 100 valence electrons. The van der Waals surface area contributed by atoms with E-state index in [1.54, 1.807) is 6.07 Å². The molecule has 0 radical (unpaired) electrons. The van der Waals surface area contributed by atoms with E-state index < -0.39 is 11.6 Å². The molecule has 0 aromatic heterocycles. The van der Waals surface area contributed by atoms with Gasteiger partial charge in [-0.15, -0.1) is 0 Å². The summed E-state index contributed by atoms with van der Waals surface area (Å²) in [5, 5.41) is 0. The van der Waals surface area contributed by atoms with Crippen LogP contribution in [0.15, 0.2) is 40.9 Å². The molecule has 2 aromatic carbocycles. The predicted molar refractivity (Wildman–Crippen MR) is 80.6 cm³/mol. The molecular formula is C15H12Br2F2. The van der Waals surface area contributed by atoms with Crippen LogP contribution in [-0.2, 0) is 6.42 Å². The van der Waals surface area contributed by atoms with Gasteiger partial charge in [-0.25, -0.2) is 8.78 Å². The maximum atomic E-state index is 13.2. The minimum absolute atomic E-state index is 0.0485. The van der Waals surface area contributed by atoms with Crippen molar-refractivity contribution in [3.63, 3.8) is 0 Å². The normalized spacial score (nSPS) is 12.5. The Balaban J connectivity index is 2.20. The van der Waals surface area contributed by atoms with Gasteiger partial charge < -0.3 is 0 Å². The highest BCUT2D eigenvalue weighted by Gasteiger charge is 2.13. The van der Waals surface area contributed by atoms with Crippen molar-refractivity contribution in [3.05, 3.63) is 69.2 Å². The zero-order chi connectivity index (χ0) is 14.0. The van der Waals surface area contributed by atoms with Gasteiger partial charge in [0.25, 0.3) is 0 Å². The Bertz CT molecular complexity index is 597. The Hall–Kier alpha value is -0.740. The summed E-state index contributed by atoms with van der Waals surface area (Å²) in [7, 11) is 0. The first-order valence-corrected chi connectivity index (χ1v) is 7.52. The number of alkyl halides is 1. The quantitative estimate of drug-likeness (QED) is 0.589. The molecular weight excluding hydrogens is 378 g/mol. The summed E-state index contributed by atoms with van der Waals surface area (Å²) < 4.78 is 27.0. The topological polar surface area (TPSA) is 0 Å². The second kappa shape index (κ2) is 6.14. The lowest BCUT2D eigenvalue weighted by atomic mass is 10.0. The monoisotopic (exact) mass is 388 g/mol. The summed E-state index contributed by atoms with van der Waals surface area (Å²) >= 11 is 7.12. The maximum absolute atomic E-state index is 13.2. The second-order valence-corrected chi connectivity index (χ2v) is 6.40. The van der Waals surface area contributed by atoms with Crippen LogP contribution in [0, 0.1) is 18.6 Å². The molecule has 1 unspecified atom stereocenters. The van der Waals surface area contributed by atoms with Gasteiger partial charge in [0.05, 0.1) is 0 Å². The number of benzene rings is 2. The van der Waals surface area contributed by atoms with E-state index in [0.717, 1.165) is 21.7 Å². The van der Waals surface area contributed by atoms with Gasteiger partial charge in [-0.05, 0) is 48.2 Å². The average molecular weight is 390 g/mol. The highest BCUT2D eigenvalue weighted by molar-refractivity contribution is 9.11. The van der Waals surface area contributed by atoms with Crippen molar-refractivity contribution < 1.29 is 8.78 Å². The number of rotatable bonds is 3. The van der Waals surface area contributed by atoms with E-state index in [1.807, 2.05) is 25.1 Å². The van der Waals surface area contributed by atoms with Crippen LogP contribution in [0.25, 0.3) is 0 Å². The Labute approximate surface area is 128 Å². The predicted octanol–water partition coefficient (Wildman–Crippen LogP) is 5.71. The molecule has 0 nitrogen and oxygen atoms in total. The van der Waals surface area contributed by atoms with E-state index in [-0.39, 0.29) is 4.83 Å². The zero-order valence-electron chi connectivity index (χ0n) is 10.3. The molecule has 0 aliphatic heterocycles. The van der Waals surface area contributed by atoms with E-state index >= 15 is 0 Å². The van der Waals surface area contributed by atoms with Gasteiger partial charge in [0.15, 0.2) is 11.6 Å². The molecule has 0 saturated heterocycles. The van der Waals surface area contributed by atoms with Gasteiger partial charge in [-0.1, -0.05) is 50.1 Å². The van der Waals surface area contributed by atoms with Gasteiger partial charge in [-0.2, -0.15) is 0 Å². The maximum Gasteiger partial charge on any atom is 0.159 e. The highest BCUT2D eigenvalue weighted by atomic mass is 79.9. The second-order valence-electron chi connectivity index (χ2n) is 4.45. The summed E-state index contributed by atoms with van der Waals surface area (Å²) in [5.74, 6) is -1.62. The smallest absolute Gasteiger partial charge is 0.159 e. The van der Waals surface area contributed by atoms with Crippen LogP contribution < -0.4 is 0 Å². The molecule has 0 saturated carbocycles. The minimum atomic E-state index is -0.814. The Morgan fingerprint density at radius 3 is 2.42 bits per heavy atom. The molecule has 2 rings (SSSR count). The van der Waals surface area contributed by atoms with E-state index in [9.17, 15) is 8.78 Å². The summed E-state index contributed by atoms with van der Waals surface area (Å²) in [6.45, 7) is 2.02. The van der Waals surface area contributed by atoms with E-state index in [0.29, 0.717) is 6.42 Å². The highest BCUT2D eigenvalue weighted by Crippen LogP contribution is 2.33. The first-order valence-electron chi connectivity index (χ1n) is 5.81. The molecule has 2 aromatic rings. The first-order chi connectivity index (χ1) is 8.97. The molecule has 0 aliphatic rings. The zero-order valence-corrected chi connectivity index (χ0v) is 13.4. The fraction of sp³-hybridized carbons (Fsp3) is 0.200. The number of hydrogen-bond donors (Lipinski definition) is 0. The standard InChI is InChI=1S/C15H12Br2F2/c1-9-2-4-11(12(16)6-9)13(17)7-10-3-5-14(18)15(19)8-10/h2-6,8,13H,7H2,1H3. The lowest BCUT2D eigenvalue weighted by Gasteiger charge is -2.13. The fourth-order valence-electron chi connectivity index (χ4n) is 1.87. The summed E-state index contributed by atoms with van der Waals surface area (Å²) in [5.41, 5.74) is 3.02.